The van der Waals surface area contributed by atoms with E-state index >= 15 is 0 Å². The maximum atomic E-state index is 12.1. The molecule has 5 heteroatoms. The van der Waals surface area contributed by atoms with Crippen LogP contribution in [0.15, 0.2) is 42.5 Å². The van der Waals surface area contributed by atoms with Gasteiger partial charge in [0.05, 0.1) is 13.2 Å². The maximum absolute atomic E-state index is 12.1. The van der Waals surface area contributed by atoms with Crippen LogP contribution in [0.3, 0.4) is 0 Å². The molecule has 0 aromatic heterocycles. The van der Waals surface area contributed by atoms with Crippen LogP contribution in [-0.4, -0.2) is 13.7 Å². The van der Waals surface area contributed by atoms with E-state index in [0.717, 1.165) is 16.7 Å². The molecule has 112 valence electrons. The number of hydrogen-bond donors (Lipinski definition) is 1. The van der Waals surface area contributed by atoms with Gasteiger partial charge in [0.2, 0.25) is 0 Å². The Morgan fingerprint density at radius 2 is 1.71 bits per heavy atom. The van der Waals surface area contributed by atoms with Crippen molar-refractivity contribution in [1.82, 2.24) is 0 Å². The molecule has 0 fully saturated rings. The number of hydrogen-bond acceptors (Lipinski definition) is 3. The Labute approximate surface area is 122 Å². The number of aryl methyl sites for hydroxylation is 1. The summed E-state index contributed by atoms with van der Waals surface area (Å²) in [4.78, 5) is 0. The predicted molar refractivity (Wildman–Crippen MR) is 76.8 cm³/mol. The van der Waals surface area contributed by atoms with Gasteiger partial charge >= 0.3 is 6.61 Å². The zero-order valence-corrected chi connectivity index (χ0v) is 11.8. The van der Waals surface area contributed by atoms with E-state index in [-0.39, 0.29) is 5.75 Å². The Hall–Kier alpha value is -2.14. The second kappa shape index (κ2) is 6.54. The Morgan fingerprint density at radius 1 is 1.05 bits per heavy atom. The van der Waals surface area contributed by atoms with E-state index in [1.807, 2.05) is 25.1 Å². The van der Waals surface area contributed by atoms with E-state index in [1.165, 1.54) is 12.1 Å². The molecule has 2 aromatic carbocycles. The summed E-state index contributed by atoms with van der Waals surface area (Å²) in [6, 6.07) is 11.6. The normalized spacial score (nSPS) is 12.3. The molecular formula is C16H17F2NO2. The van der Waals surface area contributed by atoms with Crippen LogP contribution in [0.25, 0.3) is 0 Å². The Morgan fingerprint density at radius 3 is 2.29 bits per heavy atom. The lowest BCUT2D eigenvalue weighted by Gasteiger charge is -2.17. The third kappa shape index (κ3) is 3.70. The molecule has 0 radical (unpaired) electrons. The van der Waals surface area contributed by atoms with E-state index in [9.17, 15) is 8.78 Å². The Balaban J connectivity index is 2.27. The summed E-state index contributed by atoms with van der Waals surface area (Å²) in [7, 11) is 1.58. The zero-order valence-electron chi connectivity index (χ0n) is 11.8. The van der Waals surface area contributed by atoms with Crippen LogP contribution in [0.2, 0.25) is 0 Å². The lowest BCUT2D eigenvalue weighted by molar-refractivity contribution is -0.0498. The van der Waals surface area contributed by atoms with Gasteiger partial charge in [-0.25, -0.2) is 0 Å². The fraction of sp³-hybridized carbons (Fsp3) is 0.250. The highest BCUT2D eigenvalue weighted by atomic mass is 19.3. The van der Waals surface area contributed by atoms with Crippen molar-refractivity contribution in [2.24, 2.45) is 5.73 Å². The Kier molecular flexibility index (Phi) is 4.75. The molecule has 0 aliphatic heterocycles. The molecule has 0 spiro atoms. The summed E-state index contributed by atoms with van der Waals surface area (Å²) in [5, 5.41) is 0. The van der Waals surface area contributed by atoms with Gasteiger partial charge in [-0.2, -0.15) is 8.78 Å². The van der Waals surface area contributed by atoms with Crippen molar-refractivity contribution >= 4 is 0 Å². The largest absolute Gasteiger partial charge is 0.496 e. The van der Waals surface area contributed by atoms with Crippen molar-refractivity contribution in [2.75, 3.05) is 7.11 Å². The number of halogens is 2. The van der Waals surface area contributed by atoms with Crippen molar-refractivity contribution in [3.8, 4) is 11.5 Å². The highest BCUT2D eigenvalue weighted by Crippen LogP contribution is 2.30. The van der Waals surface area contributed by atoms with Gasteiger partial charge in [0.1, 0.15) is 11.5 Å². The van der Waals surface area contributed by atoms with Gasteiger partial charge < -0.3 is 15.2 Å². The van der Waals surface area contributed by atoms with Crippen LogP contribution in [0.1, 0.15) is 22.7 Å². The minimum atomic E-state index is -2.83. The van der Waals surface area contributed by atoms with Crippen LogP contribution >= 0.6 is 0 Å². The molecule has 0 amide bonds. The Bertz CT molecular complexity index is 600. The van der Waals surface area contributed by atoms with Crippen LogP contribution in [0.5, 0.6) is 11.5 Å². The fourth-order valence-corrected chi connectivity index (χ4v) is 2.13. The second-order valence-electron chi connectivity index (χ2n) is 4.67. The van der Waals surface area contributed by atoms with Crippen molar-refractivity contribution < 1.29 is 18.3 Å². The van der Waals surface area contributed by atoms with Gasteiger partial charge in [-0.05, 0) is 30.7 Å². The first kappa shape index (κ1) is 15.3. The lowest BCUT2D eigenvalue weighted by Crippen LogP contribution is -2.13. The molecule has 2 N–H and O–H groups in total. The van der Waals surface area contributed by atoms with E-state index in [2.05, 4.69) is 4.74 Å². The van der Waals surface area contributed by atoms with Crippen molar-refractivity contribution in [2.45, 2.75) is 19.6 Å². The lowest BCUT2D eigenvalue weighted by atomic mass is 9.97. The zero-order chi connectivity index (χ0) is 15.4. The summed E-state index contributed by atoms with van der Waals surface area (Å²) in [5.41, 5.74) is 8.95. The average molecular weight is 293 g/mol. The van der Waals surface area contributed by atoms with Gasteiger partial charge in [-0.15, -0.1) is 0 Å². The number of methoxy groups -OCH3 is 1. The van der Waals surface area contributed by atoms with Crippen LogP contribution in [0, 0.1) is 6.92 Å². The van der Waals surface area contributed by atoms with Gasteiger partial charge in [0.15, 0.2) is 0 Å². The van der Waals surface area contributed by atoms with Crippen molar-refractivity contribution in [3.63, 3.8) is 0 Å². The molecule has 0 aliphatic rings. The molecule has 0 aliphatic carbocycles. The molecule has 21 heavy (non-hydrogen) atoms. The molecule has 3 nitrogen and oxygen atoms in total. The van der Waals surface area contributed by atoms with Crippen molar-refractivity contribution in [3.05, 3.63) is 59.2 Å². The number of alkyl halides is 2. The molecule has 0 saturated carbocycles. The monoisotopic (exact) mass is 293 g/mol. The molecule has 1 unspecified atom stereocenters. The first-order chi connectivity index (χ1) is 10.0. The predicted octanol–water partition coefficient (Wildman–Crippen LogP) is 3.65. The SMILES string of the molecule is COc1ccc(C)cc1C(N)c1ccc(OC(F)F)cc1. The molecule has 1 atom stereocenters. The summed E-state index contributed by atoms with van der Waals surface area (Å²) in [6.45, 7) is -0.865. The summed E-state index contributed by atoms with van der Waals surface area (Å²) < 4.78 is 33.9. The second-order valence-corrected chi connectivity index (χ2v) is 4.67. The summed E-state index contributed by atoms with van der Waals surface area (Å²) in [6.07, 6.45) is 0. The smallest absolute Gasteiger partial charge is 0.387 e. The minimum absolute atomic E-state index is 0.108. The van der Waals surface area contributed by atoms with E-state index in [4.69, 9.17) is 10.5 Å². The summed E-state index contributed by atoms with van der Waals surface area (Å²) >= 11 is 0. The number of benzene rings is 2. The maximum Gasteiger partial charge on any atom is 0.387 e. The van der Waals surface area contributed by atoms with Gasteiger partial charge in [-0.1, -0.05) is 29.8 Å². The minimum Gasteiger partial charge on any atom is -0.496 e. The third-order valence-electron chi connectivity index (χ3n) is 3.18. The highest BCUT2D eigenvalue weighted by Gasteiger charge is 2.15. The fourth-order valence-electron chi connectivity index (χ4n) is 2.13. The molecule has 0 saturated heterocycles. The topological polar surface area (TPSA) is 44.5 Å². The molecular weight excluding hydrogens is 276 g/mol. The molecule has 2 aromatic rings. The van der Waals surface area contributed by atoms with Gasteiger partial charge in [0.25, 0.3) is 0 Å². The third-order valence-corrected chi connectivity index (χ3v) is 3.18. The van der Waals surface area contributed by atoms with Crippen LogP contribution < -0.4 is 15.2 Å². The van der Waals surface area contributed by atoms with E-state index < -0.39 is 12.7 Å². The standard InChI is InChI=1S/C16H17F2NO2/c1-10-3-8-14(20-2)13(9-10)15(19)11-4-6-12(7-5-11)21-16(17)18/h3-9,15-16H,19H2,1-2H3. The van der Waals surface area contributed by atoms with E-state index in [0.29, 0.717) is 5.75 Å². The van der Waals surface area contributed by atoms with Gasteiger partial charge in [0, 0.05) is 5.56 Å². The quantitative estimate of drug-likeness (QED) is 0.915. The summed E-state index contributed by atoms with van der Waals surface area (Å²) in [5.74, 6) is 0.804. The van der Waals surface area contributed by atoms with Crippen LogP contribution in [-0.2, 0) is 0 Å². The molecule has 0 heterocycles. The first-order valence-electron chi connectivity index (χ1n) is 6.46. The highest BCUT2D eigenvalue weighted by molar-refractivity contribution is 5.44. The average Bonchev–Trinajstić information content (AvgIpc) is 2.46. The number of ether oxygens (including phenoxy) is 2. The molecule has 2 rings (SSSR count). The van der Waals surface area contributed by atoms with Crippen molar-refractivity contribution in [1.29, 1.82) is 0 Å². The number of nitrogens with two attached hydrogens (primary N) is 1. The van der Waals surface area contributed by atoms with E-state index in [1.54, 1.807) is 19.2 Å². The molecule has 0 bridgehead atoms. The first-order valence-corrected chi connectivity index (χ1v) is 6.46. The van der Waals surface area contributed by atoms with Crippen LogP contribution in [0.4, 0.5) is 8.78 Å². The number of rotatable bonds is 5. The van der Waals surface area contributed by atoms with Gasteiger partial charge in [-0.3, -0.25) is 0 Å².